The van der Waals surface area contributed by atoms with Gasteiger partial charge in [-0.3, -0.25) is 4.90 Å². The fraction of sp³-hybridized carbons (Fsp3) is 1.00. The van der Waals surface area contributed by atoms with E-state index in [0.717, 1.165) is 30.3 Å². The van der Waals surface area contributed by atoms with E-state index in [-0.39, 0.29) is 0 Å². The minimum absolute atomic E-state index is 0.671. The molecule has 3 fully saturated rings. The second-order valence-electron chi connectivity index (χ2n) is 7.03. The van der Waals surface area contributed by atoms with Crippen molar-refractivity contribution in [3.63, 3.8) is 0 Å². The Bertz CT molecular complexity index is 256. The second kappa shape index (κ2) is 5.50. The number of nitrogens with two attached hydrogens (primary N) is 1. The Kier molecular flexibility index (Phi) is 3.95. The molecule has 18 heavy (non-hydrogen) atoms. The highest BCUT2D eigenvalue weighted by molar-refractivity contribution is 4.97. The van der Waals surface area contributed by atoms with Crippen LogP contribution in [0.15, 0.2) is 0 Å². The van der Waals surface area contributed by atoms with Gasteiger partial charge in [-0.25, -0.2) is 0 Å². The molecule has 0 amide bonds. The standard InChI is InChI=1S/C16H30N2/c1-12-5-4-10-18(15(12)11-17)16(13-6-2-7-13)14-8-3-9-14/h12-16H,2-11,17H2,1H3. The Hall–Kier alpha value is -0.0800. The summed E-state index contributed by atoms with van der Waals surface area (Å²) in [6.45, 7) is 4.61. The fourth-order valence-corrected chi connectivity index (χ4v) is 4.51. The first-order valence-electron chi connectivity index (χ1n) is 8.27. The van der Waals surface area contributed by atoms with Gasteiger partial charge < -0.3 is 5.73 Å². The predicted octanol–water partition coefficient (Wildman–Crippen LogP) is 3.01. The third-order valence-electron chi connectivity index (χ3n) is 6.05. The molecule has 2 heteroatoms. The summed E-state index contributed by atoms with van der Waals surface area (Å²) in [6.07, 6.45) is 11.7. The van der Waals surface area contributed by atoms with E-state index in [1.165, 1.54) is 57.9 Å². The van der Waals surface area contributed by atoms with E-state index in [1.807, 2.05) is 0 Å². The lowest BCUT2D eigenvalue weighted by atomic mass is 9.67. The maximum atomic E-state index is 6.10. The van der Waals surface area contributed by atoms with Crippen molar-refractivity contribution in [3.8, 4) is 0 Å². The molecule has 0 aromatic rings. The zero-order valence-corrected chi connectivity index (χ0v) is 12.0. The minimum Gasteiger partial charge on any atom is -0.329 e. The van der Waals surface area contributed by atoms with Crippen LogP contribution in [0.25, 0.3) is 0 Å². The molecule has 1 aliphatic heterocycles. The van der Waals surface area contributed by atoms with E-state index in [9.17, 15) is 0 Å². The molecule has 0 radical (unpaired) electrons. The highest BCUT2D eigenvalue weighted by Gasteiger charge is 2.43. The second-order valence-corrected chi connectivity index (χ2v) is 7.03. The summed E-state index contributed by atoms with van der Waals surface area (Å²) >= 11 is 0. The monoisotopic (exact) mass is 250 g/mol. The van der Waals surface area contributed by atoms with E-state index in [2.05, 4.69) is 11.8 Å². The summed E-state index contributed by atoms with van der Waals surface area (Å²) in [5.74, 6) is 2.83. The molecule has 2 N–H and O–H groups in total. The SMILES string of the molecule is CC1CCCN(C(C2CCC2)C2CCC2)C1CN. The molecule has 2 unspecified atom stereocenters. The molecule has 2 aliphatic carbocycles. The summed E-state index contributed by atoms with van der Waals surface area (Å²) < 4.78 is 0. The molecule has 2 nitrogen and oxygen atoms in total. The highest BCUT2D eigenvalue weighted by Crippen LogP contribution is 2.44. The molecular weight excluding hydrogens is 220 g/mol. The Morgan fingerprint density at radius 3 is 2.06 bits per heavy atom. The number of nitrogens with zero attached hydrogens (tertiary/aromatic N) is 1. The molecule has 104 valence electrons. The van der Waals surface area contributed by atoms with Crippen LogP contribution in [0.2, 0.25) is 0 Å². The quantitative estimate of drug-likeness (QED) is 0.831. The molecular formula is C16H30N2. The molecule has 1 saturated heterocycles. The first-order valence-corrected chi connectivity index (χ1v) is 8.27. The topological polar surface area (TPSA) is 29.3 Å². The third kappa shape index (κ3) is 2.22. The molecule has 0 spiro atoms. The lowest BCUT2D eigenvalue weighted by molar-refractivity contribution is -0.0335. The largest absolute Gasteiger partial charge is 0.329 e. The van der Waals surface area contributed by atoms with Gasteiger partial charge in [0.05, 0.1) is 0 Å². The minimum atomic E-state index is 0.671. The van der Waals surface area contributed by atoms with Crippen LogP contribution in [-0.4, -0.2) is 30.1 Å². The summed E-state index contributed by atoms with van der Waals surface area (Å²) in [5, 5.41) is 0. The van der Waals surface area contributed by atoms with Crippen LogP contribution in [0.3, 0.4) is 0 Å². The van der Waals surface area contributed by atoms with Crippen LogP contribution in [0, 0.1) is 17.8 Å². The van der Waals surface area contributed by atoms with Gasteiger partial charge in [0.25, 0.3) is 0 Å². The molecule has 0 aromatic carbocycles. The molecule has 3 aliphatic rings. The molecule has 0 bridgehead atoms. The maximum absolute atomic E-state index is 6.10. The van der Waals surface area contributed by atoms with Gasteiger partial charge in [0.1, 0.15) is 0 Å². The van der Waals surface area contributed by atoms with Gasteiger partial charge in [0.15, 0.2) is 0 Å². The van der Waals surface area contributed by atoms with E-state index in [0.29, 0.717) is 6.04 Å². The smallest absolute Gasteiger partial charge is 0.0247 e. The van der Waals surface area contributed by atoms with Crippen LogP contribution in [0.4, 0.5) is 0 Å². The average Bonchev–Trinajstić information content (AvgIpc) is 2.23. The lowest BCUT2D eigenvalue weighted by Crippen LogP contribution is -2.59. The van der Waals surface area contributed by atoms with Crippen molar-refractivity contribution in [2.24, 2.45) is 23.5 Å². The van der Waals surface area contributed by atoms with Gasteiger partial charge in [0, 0.05) is 18.6 Å². The first kappa shape index (κ1) is 12.9. The van der Waals surface area contributed by atoms with Crippen molar-refractivity contribution < 1.29 is 0 Å². The molecule has 2 atom stereocenters. The Morgan fingerprint density at radius 2 is 1.61 bits per heavy atom. The maximum Gasteiger partial charge on any atom is 0.0247 e. The van der Waals surface area contributed by atoms with Crippen molar-refractivity contribution in [3.05, 3.63) is 0 Å². The number of hydrogen-bond donors (Lipinski definition) is 1. The van der Waals surface area contributed by atoms with Crippen molar-refractivity contribution >= 4 is 0 Å². The fourth-order valence-electron chi connectivity index (χ4n) is 4.51. The highest BCUT2D eigenvalue weighted by atomic mass is 15.2. The van der Waals surface area contributed by atoms with Crippen molar-refractivity contribution in [2.45, 2.75) is 70.4 Å². The van der Waals surface area contributed by atoms with Gasteiger partial charge in [-0.1, -0.05) is 19.8 Å². The van der Waals surface area contributed by atoms with E-state index >= 15 is 0 Å². The summed E-state index contributed by atoms with van der Waals surface area (Å²) in [7, 11) is 0. The van der Waals surface area contributed by atoms with Crippen molar-refractivity contribution in [2.75, 3.05) is 13.1 Å². The zero-order chi connectivity index (χ0) is 12.5. The van der Waals surface area contributed by atoms with E-state index in [1.54, 1.807) is 0 Å². The van der Waals surface area contributed by atoms with E-state index < -0.39 is 0 Å². The van der Waals surface area contributed by atoms with Gasteiger partial charge in [-0.05, 0) is 62.8 Å². The Labute approximate surface area is 112 Å². The average molecular weight is 250 g/mol. The van der Waals surface area contributed by atoms with Gasteiger partial charge >= 0.3 is 0 Å². The van der Waals surface area contributed by atoms with Crippen LogP contribution >= 0.6 is 0 Å². The molecule has 2 saturated carbocycles. The van der Waals surface area contributed by atoms with Crippen molar-refractivity contribution in [1.29, 1.82) is 0 Å². The van der Waals surface area contributed by atoms with Gasteiger partial charge in [-0.2, -0.15) is 0 Å². The number of rotatable bonds is 4. The Balaban J connectivity index is 1.74. The predicted molar refractivity (Wildman–Crippen MR) is 76.4 cm³/mol. The number of likely N-dealkylation sites (tertiary alicyclic amines) is 1. The van der Waals surface area contributed by atoms with Crippen LogP contribution in [0.5, 0.6) is 0 Å². The Morgan fingerprint density at radius 1 is 1.00 bits per heavy atom. The van der Waals surface area contributed by atoms with Crippen molar-refractivity contribution in [1.82, 2.24) is 4.90 Å². The molecule has 3 rings (SSSR count). The number of piperidine rings is 1. The third-order valence-corrected chi connectivity index (χ3v) is 6.05. The van der Waals surface area contributed by atoms with Crippen LogP contribution in [-0.2, 0) is 0 Å². The first-order chi connectivity index (χ1) is 8.81. The van der Waals surface area contributed by atoms with Crippen LogP contribution < -0.4 is 5.73 Å². The summed E-state index contributed by atoms with van der Waals surface area (Å²) in [6, 6.07) is 1.56. The zero-order valence-electron chi connectivity index (χ0n) is 12.0. The number of hydrogen-bond acceptors (Lipinski definition) is 2. The lowest BCUT2D eigenvalue weighted by Gasteiger charge is -2.53. The summed E-state index contributed by atoms with van der Waals surface area (Å²) in [4.78, 5) is 2.86. The normalized spacial score (nSPS) is 35.5. The summed E-state index contributed by atoms with van der Waals surface area (Å²) in [5.41, 5.74) is 6.10. The van der Waals surface area contributed by atoms with Crippen LogP contribution in [0.1, 0.15) is 58.3 Å². The van der Waals surface area contributed by atoms with Gasteiger partial charge in [0.2, 0.25) is 0 Å². The van der Waals surface area contributed by atoms with E-state index in [4.69, 9.17) is 5.73 Å². The molecule has 0 aromatic heterocycles. The molecule has 1 heterocycles. The van der Waals surface area contributed by atoms with Gasteiger partial charge in [-0.15, -0.1) is 0 Å².